The van der Waals surface area contributed by atoms with Crippen molar-refractivity contribution in [1.29, 1.82) is 0 Å². The van der Waals surface area contributed by atoms with Crippen LogP contribution < -0.4 is 15.8 Å². The summed E-state index contributed by atoms with van der Waals surface area (Å²) in [5.41, 5.74) is 8.41. The molecule has 1 amide bonds. The number of nitrogens with two attached hydrogens (primary N) is 1. The van der Waals surface area contributed by atoms with E-state index >= 15 is 0 Å². The van der Waals surface area contributed by atoms with Crippen LogP contribution in [0.15, 0.2) is 42.5 Å². The molecule has 0 saturated heterocycles. The third kappa shape index (κ3) is 3.38. The number of hydrogen-bond acceptors (Lipinski definition) is 3. The molecule has 2 aromatic rings. The average molecular weight is 300 g/mol. The van der Waals surface area contributed by atoms with Gasteiger partial charge in [0.05, 0.1) is 12.7 Å². The van der Waals surface area contributed by atoms with E-state index in [4.69, 9.17) is 22.7 Å². The van der Waals surface area contributed by atoms with Crippen LogP contribution in [0, 0.1) is 6.92 Å². The zero-order valence-electron chi connectivity index (χ0n) is 11.8. The minimum atomic E-state index is -0.240. The summed E-state index contributed by atoms with van der Waals surface area (Å²) in [6.45, 7) is 1.90. The van der Waals surface area contributed by atoms with Crippen molar-refractivity contribution >= 4 is 28.8 Å². The number of para-hydroxylation sites is 1. The maximum atomic E-state index is 12.4. The Kier molecular flexibility index (Phi) is 4.55. The number of hydrogen-bond donors (Lipinski definition) is 2. The highest BCUT2D eigenvalue weighted by molar-refractivity contribution is 7.80. The summed E-state index contributed by atoms with van der Waals surface area (Å²) >= 11 is 4.96. The fourth-order valence-electron chi connectivity index (χ4n) is 1.93. The number of carbonyl (C=O) groups is 1. The molecule has 0 atom stereocenters. The Morgan fingerprint density at radius 2 is 1.95 bits per heavy atom. The molecular formula is C16H16N2O2S. The Balaban J connectivity index is 2.31. The number of benzene rings is 2. The monoisotopic (exact) mass is 300 g/mol. The molecule has 0 aliphatic heterocycles. The number of methoxy groups -OCH3 is 1. The second-order valence-electron chi connectivity index (χ2n) is 4.55. The Morgan fingerprint density at radius 3 is 2.62 bits per heavy atom. The first-order valence-electron chi connectivity index (χ1n) is 6.37. The van der Waals surface area contributed by atoms with Gasteiger partial charge in [-0.2, -0.15) is 0 Å². The van der Waals surface area contributed by atoms with Gasteiger partial charge in [0.2, 0.25) is 0 Å². The topological polar surface area (TPSA) is 64.3 Å². The van der Waals surface area contributed by atoms with Crippen LogP contribution in [0.1, 0.15) is 21.5 Å². The van der Waals surface area contributed by atoms with Crippen molar-refractivity contribution in [2.75, 3.05) is 12.4 Å². The molecule has 0 aliphatic rings. The number of amides is 1. The van der Waals surface area contributed by atoms with Crippen molar-refractivity contribution < 1.29 is 9.53 Å². The van der Waals surface area contributed by atoms with Gasteiger partial charge in [0.15, 0.2) is 0 Å². The molecule has 0 aliphatic carbocycles. The van der Waals surface area contributed by atoms with Gasteiger partial charge in [0.25, 0.3) is 5.91 Å². The highest BCUT2D eigenvalue weighted by atomic mass is 32.1. The van der Waals surface area contributed by atoms with E-state index in [2.05, 4.69) is 5.32 Å². The molecule has 0 heterocycles. The van der Waals surface area contributed by atoms with Crippen LogP contribution in [-0.4, -0.2) is 18.0 Å². The standard InChI is InChI=1S/C16H16N2O2S/c1-10-7-8-11(15(17)21)9-13(10)18-16(19)12-5-3-4-6-14(12)20-2/h3-9H,1-2H3,(H2,17,21)(H,18,19). The van der Waals surface area contributed by atoms with Crippen LogP contribution in [0.25, 0.3) is 0 Å². The summed E-state index contributed by atoms with van der Waals surface area (Å²) in [5, 5.41) is 2.86. The minimum absolute atomic E-state index is 0.240. The molecule has 0 fully saturated rings. The number of anilines is 1. The van der Waals surface area contributed by atoms with Gasteiger partial charge in [-0.05, 0) is 30.7 Å². The molecule has 0 bridgehead atoms. The third-order valence-electron chi connectivity index (χ3n) is 3.12. The van der Waals surface area contributed by atoms with Crippen LogP contribution in [-0.2, 0) is 0 Å². The summed E-state index contributed by atoms with van der Waals surface area (Å²) < 4.78 is 5.19. The summed E-state index contributed by atoms with van der Waals surface area (Å²) in [6.07, 6.45) is 0. The van der Waals surface area contributed by atoms with Crippen molar-refractivity contribution in [3.63, 3.8) is 0 Å². The largest absolute Gasteiger partial charge is 0.496 e. The van der Waals surface area contributed by atoms with Crippen molar-refractivity contribution in [1.82, 2.24) is 0 Å². The first kappa shape index (κ1) is 15.0. The lowest BCUT2D eigenvalue weighted by molar-refractivity contribution is 0.102. The van der Waals surface area contributed by atoms with Crippen molar-refractivity contribution in [3.8, 4) is 5.75 Å². The summed E-state index contributed by atoms with van der Waals surface area (Å²) in [5.74, 6) is 0.286. The van der Waals surface area contributed by atoms with Crippen molar-refractivity contribution in [3.05, 3.63) is 59.2 Å². The number of rotatable bonds is 4. The summed E-state index contributed by atoms with van der Waals surface area (Å²) in [4.78, 5) is 12.7. The molecule has 5 heteroatoms. The molecule has 2 rings (SSSR count). The molecular weight excluding hydrogens is 284 g/mol. The molecule has 0 radical (unpaired) electrons. The maximum Gasteiger partial charge on any atom is 0.259 e. The second kappa shape index (κ2) is 6.37. The molecule has 0 spiro atoms. The predicted octanol–water partition coefficient (Wildman–Crippen LogP) is 2.89. The first-order valence-corrected chi connectivity index (χ1v) is 6.78. The minimum Gasteiger partial charge on any atom is -0.496 e. The van der Waals surface area contributed by atoms with Crippen molar-refractivity contribution in [2.45, 2.75) is 6.92 Å². The molecule has 0 unspecified atom stereocenters. The quantitative estimate of drug-likeness (QED) is 0.852. The van der Waals surface area contributed by atoms with E-state index in [0.29, 0.717) is 27.6 Å². The summed E-state index contributed by atoms with van der Waals surface area (Å²) in [6, 6.07) is 12.5. The van der Waals surface area contributed by atoms with E-state index in [1.807, 2.05) is 25.1 Å². The van der Waals surface area contributed by atoms with Gasteiger partial charge in [0.1, 0.15) is 10.7 Å². The number of ether oxygens (including phenoxy) is 1. The fraction of sp³-hybridized carbons (Fsp3) is 0.125. The van der Waals surface area contributed by atoms with Gasteiger partial charge >= 0.3 is 0 Å². The molecule has 0 saturated carbocycles. The third-order valence-corrected chi connectivity index (χ3v) is 3.36. The second-order valence-corrected chi connectivity index (χ2v) is 4.99. The van der Waals surface area contributed by atoms with E-state index in [9.17, 15) is 4.79 Å². The molecule has 3 N–H and O–H groups in total. The van der Waals surface area contributed by atoms with E-state index < -0.39 is 0 Å². The van der Waals surface area contributed by atoms with E-state index in [0.717, 1.165) is 5.56 Å². The Labute approximate surface area is 128 Å². The van der Waals surface area contributed by atoms with Gasteiger partial charge in [-0.1, -0.05) is 36.5 Å². The van der Waals surface area contributed by atoms with Crippen LogP contribution in [0.2, 0.25) is 0 Å². The molecule has 2 aromatic carbocycles. The normalized spacial score (nSPS) is 10.0. The first-order chi connectivity index (χ1) is 10.0. The fourth-order valence-corrected chi connectivity index (χ4v) is 2.06. The lowest BCUT2D eigenvalue weighted by Gasteiger charge is -2.12. The van der Waals surface area contributed by atoms with Gasteiger partial charge < -0.3 is 15.8 Å². The van der Waals surface area contributed by atoms with Crippen LogP contribution in [0.5, 0.6) is 5.75 Å². The molecule has 108 valence electrons. The highest BCUT2D eigenvalue weighted by Crippen LogP contribution is 2.21. The molecule has 4 nitrogen and oxygen atoms in total. The molecule has 0 aromatic heterocycles. The van der Waals surface area contributed by atoms with Gasteiger partial charge in [-0.3, -0.25) is 4.79 Å². The van der Waals surface area contributed by atoms with Gasteiger partial charge in [-0.25, -0.2) is 0 Å². The Hall–Kier alpha value is -2.40. The van der Waals surface area contributed by atoms with Gasteiger partial charge in [-0.15, -0.1) is 0 Å². The van der Waals surface area contributed by atoms with Crippen LogP contribution in [0.4, 0.5) is 5.69 Å². The average Bonchev–Trinajstić information content (AvgIpc) is 2.49. The predicted molar refractivity (Wildman–Crippen MR) is 88.0 cm³/mol. The number of nitrogens with one attached hydrogen (secondary N) is 1. The molecule has 21 heavy (non-hydrogen) atoms. The Morgan fingerprint density at radius 1 is 1.24 bits per heavy atom. The van der Waals surface area contributed by atoms with Crippen LogP contribution >= 0.6 is 12.2 Å². The van der Waals surface area contributed by atoms with Gasteiger partial charge in [0, 0.05) is 11.3 Å². The zero-order valence-corrected chi connectivity index (χ0v) is 12.7. The number of aryl methyl sites for hydroxylation is 1. The highest BCUT2D eigenvalue weighted by Gasteiger charge is 2.13. The van der Waals surface area contributed by atoms with E-state index in [1.165, 1.54) is 7.11 Å². The number of thiocarbonyl (C=S) groups is 1. The van der Waals surface area contributed by atoms with E-state index in [-0.39, 0.29) is 5.91 Å². The van der Waals surface area contributed by atoms with Crippen LogP contribution in [0.3, 0.4) is 0 Å². The summed E-state index contributed by atoms with van der Waals surface area (Å²) in [7, 11) is 1.53. The number of carbonyl (C=O) groups excluding carboxylic acids is 1. The van der Waals surface area contributed by atoms with Crippen molar-refractivity contribution in [2.24, 2.45) is 5.73 Å². The lowest BCUT2D eigenvalue weighted by Crippen LogP contribution is -2.15. The zero-order chi connectivity index (χ0) is 15.4. The SMILES string of the molecule is COc1ccccc1C(=O)Nc1cc(C(N)=S)ccc1C. The van der Waals surface area contributed by atoms with E-state index in [1.54, 1.807) is 24.3 Å². The Bertz CT molecular complexity index is 698. The smallest absolute Gasteiger partial charge is 0.259 e. The maximum absolute atomic E-state index is 12.4. The lowest BCUT2D eigenvalue weighted by atomic mass is 10.1.